The Bertz CT molecular complexity index is 966. The molecule has 1 unspecified atom stereocenters. The number of nitrogens with one attached hydrogen (secondary N) is 3. The second-order valence-electron chi connectivity index (χ2n) is 6.79. The lowest BCUT2D eigenvalue weighted by molar-refractivity contribution is -0.109. The molecule has 2 aromatic carbocycles. The standard InChI is InChI=1S/C19H18N2O2.C2H5NO/c1-11-8-14-13-4-2-3-5-15(13)21-19(14)18(20-11)12-6-7-16-17(9-12)23-10-22-16;1-3-2-4/h2-7,9,11,18,20-21H,8,10H2,1H3;2H,1H3,(H,3,4)/t11?,18-;/m0./s1. The second-order valence-corrected chi connectivity index (χ2v) is 6.79. The van der Waals surface area contributed by atoms with E-state index in [1.54, 1.807) is 7.05 Å². The summed E-state index contributed by atoms with van der Waals surface area (Å²) in [5.74, 6) is 1.66. The van der Waals surface area contributed by atoms with Crippen LogP contribution in [0.1, 0.15) is 29.8 Å². The molecule has 2 atom stereocenters. The van der Waals surface area contributed by atoms with Crippen LogP contribution in [0.5, 0.6) is 11.5 Å². The molecule has 1 aromatic heterocycles. The minimum absolute atomic E-state index is 0.149. The maximum atomic E-state index is 9.06. The van der Waals surface area contributed by atoms with Crippen LogP contribution in [0.25, 0.3) is 10.9 Å². The van der Waals surface area contributed by atoms with E-state index in [4.69, 9.17) is 14.3 Å². The van der Waals surface area contributed by atoms with Crippen molar-refractivity contribution in [1.82, 2.24) is 15.6 Å². The van der Waals surface area contributed by atoms with E-state index in [1.165, 1.54) is 27.7 Å². The monoisotopic (exact) mass is 365 g/mol. The average Bonchev–Trinajstić information content (AvgIpc) is 3.31. The van der Waals surface area contributed by atoms with Gasteiger partial charge in [0.1, 0.15) is 0 Å². The zero-order valence-corrected chi connectivity index (χ0v) is 15.4. The van der Waals surface area contributed by atoms with Gasteiger partial charge in [0.25, 0.3) is 0 Å². The third kappa shape index (κ3) is 3.24. The largest absolute Gasteiger partial charge is 0.454 e. The molecule has 2 aliphatic rings. The number of rotatable bonds is 2. The number of para-hydroxylation sites is 1. The maximum Gasteiger partial charge on any atom is 0.231 e. The molecule has 0 saturated carbocycles. The molecule has 2 aliphatic heterocycles. The summed E-state index contributed by atoms with van der Waals surface area (Å²) >= 11 is 0. The number of carbonyl (C=O) groups is 1. The van der Waals surface area contributed by atoms with E-state index in [0.717, 1.165) is 17.9 Å². The Kier molecular flexibility index (Phi) is 4.73. The fraction of sp³-hybridized carbons (Fsp3) is 0.286. The molecule has 3 heterocycles. The number of benzene rings is 2. The Balaban J connectivity index is 0.000000413. The van der Waals surface area contributed by atoms with Crippen LogP contribution in [0.2, 0.25) is 0 Å². The Labute approximate surface area is 157 Å². The van der Waals surface area contributed by atoms with Crippen LogP contribution >= 0.6 is 0 Å². The van der Waals surface area contributed by atoms with Crippen LogP contribution < -0.4 is 20.1 Å². The lowest BCUT2D eigenvalue weighted by atomic mass is 9.91. The van der Waals surface area contributed by atoms with Crippen LogP contribution in [0.4, 0.5) is 0 Å². The van der Waals surface area contributed by atoms with E-state index >= 15 is 0 Å². The van der Waals surface area contributed by atoms with E-state index < -0.39 is 0 Å². The van der Waals surface area contributed by atoms with Gasteiger partial charge in [-0.15, -0.1) is 0 Å². The summed E-state index contributed by atoms with van der Waals surface area (Å²) in [5.41, 5.74) is 5.10. The normalized spacial score (nSPS) is 19.8. The molecule has 0 saturated heterocycles. The summed E-state index contributed by atoms with van der Waals surface area (Å²) in [6, 6.07) is 15.3. The number of hydrogen-bond donors (Lipinski definition) is 3. The van der Waals surface area contributed by atoms with Crippen molar-refractivity contribution >= 4 is 17.3 Å². The summed E-state index contributed by atoms with van der Waals surface area (Å²) in [6.45, 7) is 2.55. The Morgan fingerprint density at radius 1 is 1.15 bits per heavy atom. The molecule has 0 aliphatic carbocycles. The first kappa shape index (κ1) is 17.4. The number of fused-ring (bicyclic) bond motifs is 4. The summed E-state index contributed by atoms with van der Waals surface area (Å²) in [5, 5.41) is 7.30. The van der Waals surface area contributed by atoms with Gasteiger partial charge in [-0.25, -0.2) is 0 Å². The summed E-state index contributed by atoms with van der Waals surface area (Å²) in [4.78, 5) is 12.7. The number of ether oxygens (including phenoxy) is 2. The van der Waals surface area contributed by atoms with Gasteiger partial charge in [-0.3, -0.25) is 4.79 Å². The van der Waals surface area contributed by atoms with Crippen molar-refractivity contribution in [3.8, 4) is 11.5 Å². The average molecular weight is 365 g/mol. The number of aromatic nitrogens is 1. The molecular weight excluding hydrogens is 342 g/mol. The number of aromatic amines is 1. The smallest absolute Gasteiger partial charge is 0.231 e. The Hall–Kier alpha value is -2.99. The van der Waals surface area contributed by atoms with Crippen molar-refractivity contribution in [2.45, 2.75) is 25.4 Å². The molecule has 3 aromatic rings. The third-order valence-corrected chi connectivity index (χ3v) is 4.94. The van der Waals surface area contributed by atoms with Crippen molar-refractivity contribution in [2.24, 2.45) is 0 Å². The van der Waals surface area contributed by atoms with Crippen LogP contribution in [-0.2, 0) is 11.2 Å². The van der Waals surface area contributed by atoms with Gasteiger partial charge in [0, 0.05) is 29.7 Å². The van der Waals surface area contributed by atoms with Crippen LogP contribution in [-0.4, -0.2) is 31.3 Å². The van der Waals surface area contributed by atoms with E-state index in [1.807, 2.05) is 6.07 Å². The lowest BCUT2D eigenvalue weighted by Crippen LogP contribution is -2.37. The fourth-order valence-electron chi connectivity index (χ4n) is 3.78. The van der Waals surface area contributed by atoms with Gasteiger partial charge in [-0.2, -0.15) is 0 Å². The van der Waals surface area contributed by atoms with Crippen molar-refractivity contribution in [2.75, 3.05) is 13.8 Å². The van der Waals surface area contributed by atoms with E-state index in [2.05, 4.69) is 58.9 Å². The van der Waals surface area contributed by atoms with Gasteiger partial charge >= 0.3 is 0 Å². The third-order valence-electron chi connectivity index (χ3n) is 4.94. The maximum absolute atomic E-state index is 9.06. The van der Waals surface area contributed by atoms with E-state index in [9.17, 15) is 0 Å². The van der Waals surface area contributed by atoms with E-state index in [-0.39, 0.29) is 6.04 Å². The van der Waals surface area contributed by atoms with Gasteiger partial charge in [-0.1, -0.05) is 24.3 Å². The zero-order chi connectivity index (χ0) is 18.8. The summed E-state index contributed by atoms with van der Waals surface area (Å²) in [6.07, 6.45) is 1.67. The molecule has 6 nitrogen and oxygen atoms in total. The zero-order valence-electron chi connectivity index (χ0n) is 15.4. The highest BCUT2D eigenvalue weighted by Gasteiger charge is 2.29. The lowest BCUT2D eigenvalue weighted by Gasteiger charge is -2.29. The number of hydrogen-bond acceptors (Lipinski definition) is 4. The highest BCUT2D eigenvalue weighted by Crippen LogP contribution is 2.39. The number of carbonyl (C=O) groups excluding carboxylic acids is 1. The van der Waals surface area contributed by atoms with Crippen molar-refractivity contribution in [3.63, 3.8) is 0 Å². The van der Waals surface area contributed by atoms with Gasteiger partial charge in [-0.05, 0) is 42.7 Å². The van der Waals surface area contributed by atoms with Gasteiger partial charge < -0.3 is 25.1 Å². The van der Waals surface area contributed by atoms with Crippen molar-refractivity contribution in [3.05, 3.63) is 59.3 Å². The highest BCUT2D eigenvalue weighted by atomic mass is 16.7. The molecule has 5 rings (SSSR count). The molecule has 140 valence electrons. The predicted octanol–water partition coefficient (Wildman–Crippen LogP) is 2.88. The molecular formula is C21H23N3O3. The first-order chi connectivity index (χ1) is 13.2. The first-order valence-corrected chi connectivity index (χ1v) is 9.07. The molecule has 27 heavy (non-hydrogen) atoms. The van der Waals surface area contributed by atoms with Gasteiger partial charge in [0.15, 0.2) is 11.5 Å². The molecule has 6 heteroatoms. The van der Waals surface area contributed by atoms with E-state index in [0.29, 0.717) is 19.2 Å². The highest BCUT2D eigenvalue weighted by molar-refractivity contribution is 5.85. The Morgan fingerprint density at radius 3 is 2.74 bits per heavy atom. The quantitative estimate of drug-likeness (QED) is 0.611. The summed E-state index contributed by atoms with van der Waals surface area (Å²) in [7, 11) is 1.56. The molecule has 0 fully saturated rings. The topological polar surface area (TPSA) is 75.4 Å². The van der Waals surface area contributed by atoms with Crippen LogP contribution in [0.3, 0.4) is 0 Å². The van der Waals surface area contributed by atoms with Crippen molar-refractivity contribution < 1.29 is 14.3 Å². The van der Waals surface area contributed by atoms with Gasteiger partial charge in [0.05, 0.1) is 6.04 Å². The molecule has 0 spiro atoms. The first-order valence-electron chi connectivity index (χ1n) is 9.07. The number of H-pyrrole nitrogens is 1. The van der Waals surface area contributed by atoms with Crippen molar-refractivity contribution in [1.29, 1.82) is 0 Å². The SMILES string of the molecule is CC1Cc2c([nH]c3ccccc23)[C@H](c2ccc3c(c2)OCO3)N1.CNC=O. The summed E-state index contributed by atoms with van der Waals surface area (Å²) < 4.78 is 11.0. The molecule has 0 bridgehead atoms. The minimum atomic E-state index is 0.149. The van der Waals surface area contributed by atoms with Gasteiger partial charge in [0.2, 0.25) is 13.2 Å². The Morgan fingerprint density at radius 2 is 1.93 bits per heavy atom. The van der Waals surface area contributed by atoms with Crippen LogP contribution in [0.15, 0.2) is 42.5 Å². The fourth-order valence-corrected chi connectivity index (χ4v) is 3.78. The number of amides is 1. The molecule has 3 N–H and O–H groups in total. The molecule has 1 amide bonds. The van der Waals surface area contributed by atoms with Crippen LogP contribution in [0, 0.1) is 0 Å². The predicted molar refractivity (Wildman–Crippen MR) is 104 cm³/mol. The minimum Gasteiger partial charge on any atom is -0.454 e. The molecule has 0 radical (unpaired) electrons. The second kappa shape index (κ2) is 7.32.